The lowest BCUT2D eigenvalue weighted by Crippen LogP contribution is -2.11. The fourth-order valence-corrected chi connectivity index (χ4v) is 3.73. The van der Waals surface area contributed by atoms with Gasteiger partial charge in [0.05, 0.1) is 0 Å². The largest absolute Gasteiger partial charge is 0.0622 e. The van der Waals surface area contributed by atoms with E-state index in [9.17, 15) is 0 Å². The van der Waals surface area contributed by atoms with Crippen LogP contribution in [0.25, 0.3) is 0 Å². The zero-order chi connectivity index (χ0) is 10.1. The Labute approximate surface area is 92.7 Å². The maximum absolute atomic E-state index is 2.27. The SMILES string of the molecule is c1ccc(CCC2CC3CCC2C3)cc1. The Morgan fingerprint density at radius 1 is 1.00 bits per heavy atom. The normalized spacial score (nSPS) is 33.5. The number of hydrogen-bond donors (Lipinski definition) is 0. The lowest BCUT2D eigenvalue weighted by atomic mass is 9.85. The van der Waals surface area contributed by atoms with E-state index < -0.39 is 0 Å². The van der Waals surface area contributed by atoms with Crippen LogP contribution in [0.5, 0.6) is 0 Å². The Balaban J connectivity index is 1.55. The first-order chi connectivity index (χ1) is 7.42. The molecule has 0 spiro atoms. The molecule has 0 heteroatoms. The van der Waals surface area contributed by atoms with E-state index in [-0.39, 0.29) is 0 Å². The number of rotatable bonds is 3. The monoisotopic (exact) mass is 200 g/mol. The summed E-state index contributed by atoms with van der Waals surface area (Å²) in [6, 6.07) is 11.0. The minimum absolute atomic E-state index is 1.06. The molecule has 2 fully saturated rings. The maximum Gasteiger partial charge on any atom is -0.0276 e. The summed E-state index contributed by atoms with van der Waals surface area (Å²) in [5, 5.41) is 0. The molecule has 2 aliphatic carbocycles. The van der Waals surface area contributed by atoms with Gasteiger partial charge in [-0.05, 0) is 55.4 Å². The fourth-order valence-electron chi connectivity index (χ4n) is 3.73. The van der Waals surface area contributed by atoms with Gasteiger partial charge in [0, 0.05) is 0 Å². The zero-order valence-corrected chi connectivity index (χ0v) is 9.36. The Morgan fingerprint density at radius 2 is 1.87 bits per heavy atom. The topological polar surface area (TPSA) is 0 Å². The minimum Gasteiger partial charge on any atom is -0.0622 e. The molecular weight excluding hydrogens is 180 g/mol. The molecule has 3 atom stereocenters. The van der Waals surface area contributed by atoms with Gasteiger partial charge in [0.25, 0.3) is 0 Å². The first kappa shape index (κ1) is 9.45. The van der Waals surface area contributed by atoms with E-state index in [1.165, 1.54) is 37.7 Å². The highest BCUT2D eigenvalue weighted by Crippen LogP contribution is 2.49. The number of aryl methyl sites for hydroxylation is 1. The first-order valence-electron chi connectivity index (χ1n) is 6.46. The molecule has 2 bridgehead atoms. The number of fused-ring (bicyclic) bond motifs is 2. The molecule has 0 nitrogen and oxygen atoms in total. The summed E-state index contributed by atoms with van der Waals surface area (Å²) in [6.07, 6.45) is 8.90. The van der Waals surface area contributed by atoms with Crippen molar-refractivity contribution >= 4 is 0 Å². The van der Waals surface area contributed by atoms with Gasteiger partial charge in [-0.2, -0.15) is 0 Å². The average molecular weight is 200 g/mol. The van der Waals surface area contributed by atoms with Gasteiger partial charge in [-0.25, -0.2) is 0 Å². The molecular formula is C15H20. The van der Waals surface area contributed by atoms with Crippen LogP contribution < -0.4 is 0 Å². The maximum atomic E-state index is 2.27. The highest BCUT2D eigenvalue weighted by molar-refractivity contribution is 5.14. The van der Waals surface area contributed by atoms with Crippen molar-refractivity contribution in [2.24, 2.45) is 17.8 Å². The van der Waals surface area contributed by atoms with Crippen molar-refractivity contribution in [3.8, 4) is 0 Å². The molecule has 80 valence electrons. The second-order valence-electron chi connectivity index (χ2n) is 5.46. The lowest BCUT2D eigenvalue weighted by Gasteiger charge is -2.21. The Hall–Kier alpha value is -0.780. The molecule has 0 aliphatic heterocycles. The third-order valence-electron chi connectivity index (χ3n) is 4.53. The van der Waals surface area contributed by atoms with Crippen molar-refractivity contribution in [1.29, 1.82) is 0 Å². The van der Waals surface area contributed by atoms with Crippen LogP contribution in [0.1, 0.15) is 37.7 Å². The van der Waals surface area contributed by atoms with Crippen molar-refractivity contribution in [2.45, 2.75) is 38.5 Å². The highest BCUT2D eigenvalue weighted by Gasteiger charge is 2.38. The summed E-state index contributed by atoms with van der Waals surface area (Å²) < 4.78 is 0. The van der Waals surface area contributed by atoms with Gasteiger partial charge < -0.3 is 0 Å². The van der Waals surface area contributed by atoms with E-state index in [1.807, 2.05) is 0 Å². The molecule has 0 saturated heterocycles. The Morgan fingerprint density at radius 3 is 2.53 bits per heavy atom. The second kappa shape index (κ2) is 4.00. The number of benzene rings is 1. The van der Waals surface area contributed by atoms with Crippen LogP contribution >= 0.6 is 0 Å². The molecule has 0 N–H and O–H groups in total. The molecule has 0 amide bonds. The minimum atomic E-state index is 1.06. The van der Waals surface area contributed by atoms with Gasteiger partial charge in [0.2, 0.25) is 0 Å². The third-order valence-corrected chi connectivity index (χ3v) is 4.53. The standard InChI is InChI=1S/C15H20/c1-2-4-12(5-3-1)6-8-14-10-13-7-9-15(14)11-13/h1-5,13-15H,6-11H2. The smallest absolute Gasteiger partial charge is 0.0276 e. The molecule has 0 heterocycles. The lowest BCUT2D eigenvalue weighted by molar-refractivity contribution is 0.315. The quantitative estimate of drug-likeness (QED) is 0.690. The van der Waals surface area contributed by atoms with Crippen molar-refractivity contribution in [1.82, 2.24) is 0 Å². The third kappa shape index (κ3) is 1.95. The fraction of sp³-hybridized carbons (Fsp3) is 0.600. The summed E-state index contributed by atoms with van der Waals surface area (Å²) in [6.45, 7) is 0. The molecule has 1 aromatic rings. The van der Waals surface area contributed by atoms with Crippen molar-refractivity contribution in [3.05, 3.63) is 35.9 Å². The molecule has 2 saturated carbocycles. The van der Waals surface area contributed by atoms with E-state index in [0.717, 1.165) is 17.8 Å². The van der Waals surface area contributed by atoms with Crippen LogP contribution in [-0.4, -0.2) is 0 Å². The van der Waals surface area contributed by atoms with Crippen LogP contribution in [0.4, 0.5) is 0 Å². The van der Waals surface area contributed by atoms with Gasteiger partial charge >= 0.3 is 0 Å². The number of hydrogen-bond acceptors (Lipinski definition) is 0. The Kier molecular flexibility index (Phi) is 2.52. The van der Waals surface area contributed by atoms with Gasteiger partial charge in [-0.3, -0.25) is 0 Å². The van der Waals surface area contributed by atoms with Crippen molar-refractivity contribution in [3.63, 3.8) is 0 Å². The summed E-state index contributed by atoms with van der Waals surface area (Å²) in [4.78, 5) is 0. The van der Waals surface area contributed by atoms with Crippen LogP contribution in [0.15, 0.2) is 30.3 Å². The Bertz CT molecular complexity index is 314. The van der Waals surface area contributed by atoms with Gasteiger partial charge in [-0.1, -0.05) is 36.8 Å². The highest BCUT2D eigenvalue weighted by atomic mass is 14.4. The predicted octanol–water partition coefficient (Wildman–Crippen LogP) is 4.06. The predicted molar refractivity (Wildman–Crippen MR) is 63.7 cm³/mol. The summed E-state index contributed by atoms with van der Waals surface area (Å²) in [5.41, 5.74) is 1.53. The molecule has 0 radical (unpaired) electrons. The van der Waals surface area contributed by atoms with E-state index in [0.29, 0.717) is 0 Å². The van der Waals surface area contributed by atoms with Crippen molar-refractivity contribution < 1.29 is 0 Å². The zero-order valence-electron chi connectivity index (χ0n) is 9.36. The van der Waals surface area contributed by atoms with E-state index in [1.54, 1.807) is 6.42 Å². The summed E-state index contributed by atoms with van der Waals surface area (Å²) in [7, 11) is 0. The summed E-state index contributed by atoms with van der Waals surface area (Å²) >= 11 is 0. The van der Waals surface area contributed by atoms with E-state index >= 15 is 0 Å². The first-order valence-corrected chi connectivity index (χ1v) is 6.46. The molecule has 3 unspecified atom stereocenters. The molecule has 3 rings (SSSR count). The van der Waals surface area contributed by atoms with Crippen LogP contribution in [0, 0.1) is 17.8 Å². The average Bonchev–Trinajstić information content (AvgIpc) is 2.89. The second-order valence-corrected chi connectivity index (χ2v) is 5.46. The van der Waals surface area contributed by atoms with Crippen LogP contribution in [0.3, 0.4) is 0 Å². The van der Waals surface area contributed by atoms with Crippen molar-refractivity contribution in [2.75, 3.05) is 0 Å². The summed E-state index contributed by atoms with van der Waals surface area (Å²) in [5.74, 6) is 3.26. The molecule has 2 aliphatic rings. The molecule has 15 heavy (non-hydrogen) atoms. The van der Waals surface area contributed by atoms with Gasteiger partial charge in [0.1, 0.15) is 0 Å². The van der Waals surface area contributed by atoms with E-state index in [4.69, 9.17) is 0 Å². The van der Waals surface area contributed by atoms with Crippen LogP contribution in [-0.2, 0) is 6.42 Å². The molecule has 1 aromatic carbocycles. The van der Waals surface area contributed by atoms with E-state index in [2.05, 4.69) is 30.3 Å². The van der Waals surface area contributed by atoms with Gasteiger partial charge in [0.15, 0.2) is 0 Å². The molecule has 0 aromatic heterocycles. The van der Waals surface area contributed by atoms with Gasteiger partial charge in [-0.15, -0.1) is 0 Å². The van der Waals surface area contributed by atoms with Crippen LogP contribution in [0.2, 0.25) is 0 Å².